The van der Waals surface area contributed by atoms with Gasteiger partial charge in [0.15, 0.2) is 0 Å². The number of carbonyl (C=O) groups excluding carboxylic acids is 1. The van der Waals surface area contributed by atoms with Gasteiger partial charge in [0.25, 0.3) is 5.91 Å². The normalized spacial score (nSPS) is 18.6. The molecule has 0 saturated heterocycles. The summed E-state index contributed by atoms with van der Waals surface area (Å²) in [7, 11) is 0. The minimum Gasteiger partial charge on any atom is -0.372 e. The zero-order chi connectivity index (χ0) is 11.5. The molecule has 1 atom stereocenters. The van der Waals surface area contributed by atoms with Crippen LogP contribution in [0.25, 0.3) is 0 Å². The number of ether oxygens (including phenoxy) is 1. The van der Waals surface area contributed by atoms with E-state index >= 15 is 0 Å². The highest BCUT2D eigenvalue weighted by Crippen LogP contribution is 2.31. The second-order valence-corrected chi connectivity index (χ2v) is 4.08. The van der Waals surface area contributed by atoms with Gasteiger partial charge in [-0.15, -0.1) is 0 Å². The molecule has 1 heterocycles. The highest BCUT2D eigenvalue weighted by Gasteiger charge is 2.30. The third-order valence-electron chi connectivity index (χ3n) is 2.91. The SMILES string of the molecule is CCOCC(=O)N1c2ccccc2C[C@H]1C. The Morgan fingerprint density at radius 1 is 1.50 bits per heavy atom. The first kappa shape index (κ1) is 11.1. The van der Waals surface area contributed by atoms with Gasteiger partial charge in [-0.25, -0.2) is 0 Å². The molecular weight excluding hydrogens is 202 g/mol. The van der Waals surface area contributed by atoms with Gasteiger partial charge in [-0.3, -0.25) is 4.79 Å². The lowest BCUT2D eigenvalue weighted by molar-refractivity contribution is -0.123. The molecule has 0 aromatic heterocycles. The number of hydrogen-bond donors (Lipinski definition) is 0. The summed E-state index contributed by atoms with van der Waals surface area (Å²) in [5.41, 5.74) is 2.29. The second-order valence-electron chi connectivity index (χ2n) is 4.08. The molecule has 3 nitrogen and oxygen atoms in total. The molecule has 0 N–H and O–H groups in total. The standard InChI is InChI=1S/C13H17NO2/c1-3-16-9-13(15)14-10(2)8-11-6-4-5-7-12(11)14/h4-7,10H,3,8-9H2,1-2H3/t10-/m1/s1. The van der Waals surface area contributed by atoms with Crippen molar-refractivity contribution in [1.29, 1.82) is 0 Å². The molecule has 86 valence electrons. The number of nitrogens with zero attached hydrogens (tertiary/aromatic N) is 1. The number of fused-ring (bicyclic) bond motifs is 1. The van der Waals surface area contributed by atoms with Crippen molar-refractivity contribution in [2.75, 3.05) is 18.1 Å². The van der Waals surface area contributed by atoms with E-state index in [0.29, 0.717) is 6.61 Å². The summed E-state index contributed by atoms with van der Waals surface area (Å²) in [6.45, 7) is 4.73. The van der Waals surface area contributed by atoms with E-state index in [4.69, 9.17) is 4.74 Å². The van der Waals surface area contributed by atoms with Crippen molar-refractivity contribution in [3.8, 4) is 0 Å². The Kier molecular flexibility index (Phi) is 3.25. The van der Waals surface area contributed by atoms with E-state index in [0.717, 1.165) is 12.1 Å². The highest BCUT2D eigenvalue weighted by atomic mass is 16.5. The molecular formula is C13H17NO2. The van der Waals surface area contributed by atoms with Crippen LogP contribution in [0.3, 0.4) is 0 Å². The summed E-state index contributed by atoms with van der Waals surface area (Å²) >= 11 is 0. The van der Waals surface area contributed by atoms with Crippen molar-refractivity contribution in [2.24, 2.45) is 0 Å². The van der Waals surface area contributed by atoms with Crippen LogP contribution in [0.1, 0.15) is 19.4 Å². The maximum atomic E-state index is 12.0. The summed E-state index contributed by atoms with van der Waals surface area (Å²) < 4.78 is 5.18. The van der Waals surface area contributed by atoms with E-state index in [2.05, 4.69) is 13.0 Å². The minimum absolute atomic E-state index is 0.0549. The predicted octanol–water partition coefficient (Wildman–Crippen LogP) is 2.00. The molecule has 1 aliphatic rings. The molecule has 0 fully saturated rings. The summed E-state index contributed by atoms with van der Waals surface area (Å²) in [6, 6.07) is 8.31. The molecule has 0 aliphatic carbocycles. The molecule has 0 spiro atoms. The van der Waals surface area contributed by atoms with Gasteiger partial charge in [-0.05, 0) is 31.9 Å². The van der Waals surface area contributed by atoms with Crippen molar-refractivity contribution in [1.82, 2.24) is 0 Å². The molecule has 0 unspecified atom stereocenters. The zero-order valence-corrected chi connectivity index (χ0v) is 9.77. The van der Waals surface area contributed by atoms with Crippen molar-refractivity contribution in [3.05, 3.63) is 29.8 Å². The number of para-hydroxylation sites is 1. The van der Waals surface area contributed by atoms with E-state index in [-0.39, 0.29) is 18.6 Å². The lowest BCUT2D eigenvalue weighted by Gasteiger charge is -2.22. The molecule has 1 aliphatic heterocycles. The Balaban J connectivity index is 2.18. The number of rotatable bonds is 3. The molecule has 0 bridgehead atoms. The first-order valence-electron chi connectivity index (χ1n) is 5.71. The molecule has 2 rings (SSSR count). The largest absolute Gasteiger partial charge is 0.372 e. The van der Waals surface area contributed by atoms with Crippen LogP contribution in [-0.2, 0) is 16.0 Å². The summed E-state index contributed by atoms with van der Waals surface area (Å²) in [5, 5.41) is 0. The molecule has 16 heavy (non-hydrogen) atoms. The fraction of sp³-hybridized carbons (Fsp3) is 0.462. The Morgan fingerprint density at radius 3 is 3.00 bits per heavy atom. The number of hydrogen-bond acceptors (Lipinski definition) is 2. The van der Waals surface area contributed by atoms with Crippen molar-refractivity contribution in [2.45, 2.75) is 26.3 Å². The van der Waals surface area contributed by atoms with Crippen LogP contribution in [0.2, 0.25) is 0 Å². The number of amides is 1. The van der Waals surface area contributed by atoms with Gasteiger partial charge in [0.2, 0.25) is 0 Å². The Hall–Kier alpha value is -1.35. The first-order valence-corrected chi connectivity index (χ1v) is 5.71. The fourth-order valence-electron chi connectivity index (χ4n) is 2.20. The van der Waals surface area contributed by atoms with E-state index in [9.17, 15) is 4.79 Å². The van der Waals surface area contributed by atoms with Crippen molar-refractivity contribution >= 4 is 11.6 Å². The van der Waals surface area contributed by atoms with Crippen LogP contribution in [0, 0.1) is 0 Å². The molecule has 0 saturated carbocycles. The maximum Gasteiger partial charge on any atom is 0.253 e. The smallest absolute Gasteiger partial charge is 0.253 e. The number of benzene rings is 1. The maximum absolute atomic E-state index is 12.0. The zero-order valence-electron chi connectivity index (χ0n) is 9.77. The van der Waals surface area contributed by atoms with Crippen molar-refractivity contribution < 1.29 is 9.53 Å². The molecule has 1 aromatic rings. The summed E-state index contributed by atoms with van der Waals surface area (Å²) in [5.74, 6) is 0.0549. The Labute approximate surface area is 96.0 Å². The van der Waals surface area contributed by atoms with Gasteiger partial charge in [0.05, 0.1) is 0 Å². The number of carbonyl (C=O) groups is 1. The average molecular weight is 219 g/mol. The highest BCUT2D eigenvalue weighted by molar-refractivity contribution is 5.97. The number of anilines is 1. The lowest BCUT2D eigenvalue weighted by Crippen LogP contribution is -2.38. The van der Waals surface area contributed by atoms with Crippen LogP contribution >= 0.6 is 0 Å². The van der Waals surface area contributed by atoms with E-state index in [1.165, 1.54) is 5.56 Å². The topological polar surface area (TPSA) is 29.5 Å². The monoisotopic (exact) mass is 219 g/mol. The first-order chi connectivity index (χ1) is 7.74. The molecule has 1 amide bonds. The Morgan fingerprint density at radius 2 is 2.25 bits per heavy atom. The quantitative estimate of drug-likeness (QED) is 0.778. The van der Waals surface area contributed by atoms with Gasteiger partial charge in [0.1, 0.15) is 6.61 Å². The molecule has 0 radical (unpaired) electrons. The summed E-state index contributed by atoms with van der Waals surface area (Å²) in [6.07, 6.45) is 0.939. The van der Waals surface area contributed by atoms with Crippen LogP contribution in [0.5, 0.6) is 0 Å². The van der Waals surface area contributed by atoms with Crippen LogP contribution in [-0.4, -0.2) is 25.2 Å². The van der Waals surface area contributed by atoms with Gasteiger partial charge in [-0.1, -0.05) is 18.2 Å². The molecule has 1 aromatic carbocycles. The van der Waals surface area contributed by atoms with E-state index in [1.54, 1.807) is 0 Å². The Bertz CT molecular complexity index is 389. The average Bonchev–Trinajstić information content (AvgIpc) is 2.62. The van der Waals surface area contributed by atoms with Crippen LogP contribution in [0.4, 0.5) is 5.69 Å². The van der Waals surface area contributed by atoms with Crippen LogP contribution in [0.15, 0.2) is 24.3 Å². The second kappa shape index (κ2) is 4.66. The van der Waals surface area contributed by atoms with Gasteiger partial charge in [0, 0.05) is 18.3 Å². The molecule has 3 heteroatoms. The van der Waals surface area contributed by atoms with E-state index < -0.39 is 0 Å². The van der Waals surface area contributed by atoms with Crippen LogP contribution < -0.4 is 4.90 Å². The third-order valence-corrected chi connectivity index (χ3v) is 2.91. The minimum atomic E-state index is 0.0549. The van der Waals surface area contributed by atoms with Gasteiger partial charge < -0.3 is 9.64 Å². The predicted molar refractivity (Wildman–Crippen MR) is 63.6 cm³/mol. The third kappa shape index (κ3) is 1.95. The lowest BCUT2D eigenvalue weighted by atomic mass is 10.1. The summed E-state index contributed by atoms with van der Waals surface area (Å²) in [4.78, 5) is 13.8. The fourth-order valence-corrected chi connectivity index (χ4v) is 2.20. The van der Waals surface area contributed by atoms with Gasteiger partial charge in [-0.2, -0.15) is 0 Å². The van der Waals surface area contributed by atoms with Gasteiger partial charge >= 0.3 is 0 Å². The van der Waals surface area contributed by atoms with Crippen molar-refractivity contribution in [3.63, 3.8) is 0 Å². The van der Waals surface area contributed by atoms with E-state index in [1.807, 2.05) is 30.0 Å².